The van der Waals surface area contributed by atoms with Crippen molar-refractivity contribution >= 4 is 23.0 Å². The average molecular weight is 514 g/mol. The fourth-order valence-electron chi connectivity index (χ4n) is 4.34. The lowest BCUT2D eigenvalue weighted by Crippen LogP contribution is -2.42. The minimum Gasteiger partial charge on any atom is -0.355 e. The van der Waals surface area contributed by atoms with Crippen LogP contribution in [0.15, 0.2) is 24.4 Å². The average Bonchev–Trinajstić information content (AvgIpc) is 3.50. The highest BCUT2D eigenvalue weighted by atomic mass is 32.1. The topological polar surface area (TPSA) is 62.3 Å². The number of rotatable bonds is 11. The fourth-order valence-corrected chi connectivity index (χ4v) is 5.35. The molecule has 2 aromatic rings. The molecule has 0 radical (unpaired) electrons. The van der Waals surface area contributed by atoms with Crippen molar-refractivity contribution in [2.24, 2.45) is 5.41 Å². The molecule has 1 saturated carbocycles. The van der Waals surface area contributed by atoms with E-state index in [1.54, 1.807) is 40.1 Å². The van der Waals surface area contributed by atoms with E-state index in [2.05, 4.69) is 10.3 Å². The number of carbonyl (C=O) groups is 2. The fraction of sp³-hybridized carbons (Fsp3) is 0.560. The molecule has 1 aromatic carbocycles. The van der Waals surface area contributed by atoms with Gasteiger partial charge in [-0.2, -0.15) is 13.2 Å². The van der Waals surface area contributed by atoms with E-state index >= 15 is 0 Å². The van der Waals surface area contributed by atoms with Crippen LogP contribution in [0.5, 0.6) is 0 Å². The Balaban J connectivity index is 1.68. The highest BCUT2D eigenvalue weighted by molar-refractivity contribution is 7.11. The van der Waals surface area contributed by atoms with E-state index < -0.39 is 29.2 Å². The molecule has 35 heavy (non-hydrogen) atoms. The summed E-state index contributed by atoms with van der Waals surface area (Å²) in [6.07, 6.45) is -2.69. The molecule has 3 rings (SSSR count). The number of hydrogen-bond donors (Lipinski definition) is 1. The summed E-state index contributed by atoms with van der Waals surface area (Å²) in [5.74, 6) is -2.10. The van der Waals surface area contributed by atoms with Crippen molar-refractivity contribution in [1.29, 1.82) is 0 Å². The van der Waals surface area contributed by atoms with E-state index in [0.717, 1.165) is 0 Å². The standard InChI is InChI=1S/C25H31F4N3O2S/c1-5-21(33)17-7-6-16(20(26)11-17)10-18(32(3)4)13-31-23(34)12-19(22-14-30-15(2)35-22)24(8-9-24)25(27,28)29/h6-7,11,14,18-19H,5,8-10,12-13H2,1-4H3,(H,31,34)/t18-,19+/m0/s1. The second kappa shape index (κ2) is 10.7. The summed E-state index contributed by atoms with van der Waals surface area (Å²) < 4.78 is 56.2. The van der Waals surface area contributed by atoms with Gasteiger partial charge in [0.05, 0.1) is 10.4 Å². The van der Waals surface area contributed by atoms with Crippen molar-refractivity contribution in [2.45, 2.75) is 64.1 Å². The number of thiazole rings is 1. The molecule has 1 N–H and O–H groups in total. The summed E-state index contributed by atoms with van der Waals surface area (Å²) in [7, 11) is 3.57. The quantitative estimate of drug-likeness (QED) is 0.328. The number of aromatic nitrogens is 1. The Morgan fingerprint density at radius 1 is 1.26 bits per heavy atom. The molecule has 0 saturated heterocycles. The second-order valence-corrected chi connectivity index (χ2v) is 10.7. The number of hydrogen-bond acceptors (Lipinski definition) is 5. The predicted molar refractivity (Wildman–Crippen MR) is 127 cm³/mol. The van der Waals surface area contributed by atoms with Gasteiger partial charge >= 0.3 is 6.18 Å². The van der Waals surface area contributed by atoms with Crippen LogP contribution in [0.2, 0.25) is 0 Å². The first kappa shape index (κ1) is 27.3. The van der Waals surface area contributed by atoms with Crippen molar-refractivity contribution in [3.05, 3.63) is 51.2 Å². The van der Waals surface area contributed by atoms with Crippen molar-refractivity contribution in [2.75, 3.05) is 20.6 Å². The maximum atomic E-state index is 14.6. The maximum Gasteiger partial charge on any atom is 0.395 e. The largest absolute Gasteiger partial charge is 0.395 e. The number of nitrogens with zero attached hydrogens (tertiary/aromatic N) is 2. The van der Waals surface area contributed by atoms with Gasteiger partial charge in [-0.1, -0.05) is 19.1 Å². The first-order valence-electron chi connectivity index (χ1n) is 11.6. The first-order valence-corrected chi connectivity index (χ1v) is 12.4. The van der Waals surface area contributed by atoms with E-state index in [0.29, 0.717) is 21.0 Å². The number of halogens is 4. The Labute approximate surface area is 206 Å². The molecule has 1 aliphatic carbocycles. The van der Waals surface area contributed by atoms with E-state index in [1.165, 1.54) is 23.6 Å². The number of aryl methyl sites for hydroxylation is 1. The first-order chi connectivity index (χ1) is 16.4. The lowest BCUT2D eigenvalue weighted by molar-refractivity contribution is -0.194. The van der Waals surface area contributed by atoms with Crippen LogP contribution in [0, 0.1) is 18.2 Å². The number of benzene rings is 1. The minimum absolute atomic E-state index is 0.00151. The molecule has 0 aliphatic heterocycles. The molecule has 0 unspecified atom stereocenters. The highest BCUT2D eigenvalue weighted by Crippen LogP contribution is 2.66. The molecule has 1 amide bonds. The maximum absolute atomic E-state index is 14.6. The Bertz CT molecular complexity index is 1060. The van der Waals surface area contributed by atoms with Gasteiger partial charge in [-0.05, 0) is 51.9 Å². The third kappa shape index (κ3) is 6.27. The number of nitrogens with one attached hydrogen (secondary N) is 1. The van der Waals surface area contributed by atoms with Crippen LogP contribution >= 0.6 is 11.3 Å². The lowest BCUT2D eigenvalue weighted by Gasteiger charge is -2.29. The SMILES string of the molecule is CCC(=O)c1ccc(C[C@@H](CNC(=O)C[C@H](c2cnc(C)s2)C2(C(F)(F)F)CC2)N(C)C)c(F)c1. The van der Waals surface area contributed by atoms with Gasteiger partial charge in [-0.3, -0.25) is 9.59 Å². The zero-order valence-corrected chi connectivity index (χ0v) is 21.2. The monoisotopic (exact) mass is 513 g/mol. The number of carbonyl (C=O) groups excluding carboxylic acids is 2. The van der Waals surface area contributed by atoms with Gasteiger partial charge in [-0.25, -0.2) is 9.37 Å². The van der Waals surface area contributed by atoms with Crippen LogP contribution in [0.25, 0.3) is 0 Å². The van der Waals surface area contributed by atoms with Crippen molar-refractivity contribution in [3.8, 4) is 0 Å². The van der Waals surface area contributed by atoms with Gasteiger partial charge in [0.1, 0.15) is 5.82 Å². The second-order valence-electron chi connectivity index (χ2n) is 9.40. The number of likely N-dealkylation sites (N-methyl/N-ethyl adjacent to an activating group) is 1. The van der Waals surface area contributed by atoms with Gasteiger partial charge in [-0.15, -0.1) is 11.3 Å². The Kier molecular flexibility index (Phi) is 8.36. The van der Waals surface area contributed by atoms with Gasteiger partial charge in [0.15, 0.2) is 5.78 Å². The Hall–Kier alpha value is -2.33. The zero-order valence-electron chi connectivity index (χ0n) is 20.3. The van der Waals surface area contributed by atoms with Gasteiger partial charge in [0.25, 0.3) is 0 Å². The van der Waals surface area contributed by atoms with Crippen molar-refractivity contribution in [3.63, 3.8) is 0 Å². The molecule has 192 valence electrons. The predicted octanol–water partition coefficient (Wildman–Crippen LogP) is 5.29. The lowest BCUT2D eigenvalue weighted by atomic mass is 9.84. The molecular weight excluding hydrogens is 482 g/mol. The summed E-state index contributed by atoms with van der Waals surface area (Å²) >= 11 is 1.19. The number of amides is 1. The van der Waals surface area contributed by atoms with Crippen molar-refractivity contribution < 1.29 is 27.2 Å². The molecule has 1 heterocycles. The molecule has 1 fully saturated rings. The summed E-state index contributed by atoms with van der Waals surface area (Å²) in [6, 6.07) is 4.09. The number of alkyl halides is 3. The van der Waals surface area contributed by atoms with Crippen LogP contribution in [0.3, 0.4) is 0 Å². The summed E-state index contributed by atoms with van der Waals surface area (Å²) in [6.45, 7) is 3.58. The van der Waals surface area contributed by atoms with E-state index in [4.69, 9.17) is 0 Å². The van der Waals surface area contributed by atoms with E-state index in [1.807, 2.05) is 4.90 Å². The third-order valence-electron chi connectivity index (χ3n) is 6.81. The van der Waals surface area contributed by atoms with Crippen LogP contribution in [-0.4, -0.2) is 54.4 Å². The normalized spacial score (nSPS) is 16.7. The summed E-state index contributed by atoms with van der Waals surface area (Å²) in [4.78, 5) is 31.0. The molecule has 2 atom stereocenters. The zero-order chi connectivity index (χ0) is 26.0. The van der Waals surface area contributed by atoms with E-state index in [9.17, 15) is 27.2 Å². The van der Waals surface area contributed by atoms with Crippen molar-refractivity contribution in [1.82, 2.24) is 15.2 Å². The third-order valence-corrected chi connectivity index (χ3v) is 7.84. The van der Waals surface area contributed by atoms with Gasteiger partial charge < -0.3 is 10.2 Å². The van der Waals surface area contributed by atoms with E-state index in [-0.39, 0.29) is 50.5 Å². The summed E-state index contributed by atoms with van der Waals surface area (Å²) in [5.41, 5.74) is -1.17. The number of Topliss-reactive ketones (excluding diaryl/α,β-unsaturated/α-hetero) is 1. The van der Waals surface area contributed by atoms with Crippen LogP contribution < -0.4 is 5.32 Å². The van der Waals surface area contributed by atoms with Gasteiger partial charge in [0.2, 0.25) is 5.91 Å². The Morgan fingerprint density at radius 2 is 1.94 bits per heavy atom. The summed E-state index contributed by atoms with van der Waals surface area (Å²) in [5, 5.41) is 3.42. The number of ketones is 1. The Morgan fingerprint density at radius 3 is 2.43 bits per heavy atom. The molecule has 1 aliphatic rings. The van der Waals surface area contributed by atoms with Crippen LogP contribution in [0.4, 0.5) is 17.6 Å². The molecule has 10 heteroatoms. The molecule has 0 bridgehead atoms. The van der Waals surface area contributed by atoms with Crippen LogP contribution in [0.1, 0.15) is 64.3 Å². The molecular formula is C25H31F4N3O2S. The highest BCUT2D eigenvalue weighted by Gasteiger charge is 2.67. The molecule has 0 spiro atoms. The minimum atomic E-state index is -4.40. The molecule has 1 aromatic heterocycles. The smallest absolute Gasteiger partial charge is 0.355 e. The van der Waals surface area contributed by atoms with Gasteiger partial charge in [0, 0.05) is 48.0 Å². The molecule has 5 nitrogen and oxygen atoms in total. The van der Waals surface area contributed by atoms with Crippen LogP contribution in [-0.2, 0) is 11.2 Å².